The first-order valence-electron chi connectivity index (χ1n) is 4.20. The maximum absolute atomic E-state index is 13.5. The normalized spacial score (nSPS) is 11.9. The molecule has 15 heavy (non-hydrogen) atoms. The third kappa shape index (κ3) is 2.77. The summed E-state index contributed by atoms with van der Waals surface area (Å²) in [6, 6.07) is 1.31. The van der Waals surface area contributed by atoms with Gasteiger partial charge in [0.25, 0.3) is 5.92 Å². The van der Waals surface area contributed by atoms with Crippen LogP contribution in [0.4, 0.5) is 8.78 Å². The second kappa shape index (κ2) is 4.60. The molecule has 2 nitrogen and oxygen atoms in total. The van der Waals surface area contributed by atoms with E-state index in [0.717, 1.165) is 0 Å². The number of halogens is 4. The van der Waals surface area contributed by atoms with Crippen LogP contribution in [-0.2, 0) is 5.92 Å². The Bertz CT molecular complexity index is 348. The highest BCUT2D eigenvalue weighted by molar-refractivity contribution is 6.33. The van der Waals surface area contributed by atoms with Crippen molar-refractivity contribution in [2.24, 2.45) is 0 Å². The molecule has 1 heterocycles. The van der Waals surface area contributed by atoms with E-state index in [1.54, 1.807) is 0 Å². The van der Waals surface area contributed by atoms with E-state index in [1.165, 1.54) is 13.0 Å². The number of aliphatic hydroxyl groups is 1. The smallest absolute Gasteiger partial charge is 0.278 e. The number of pyridine rings is 1. The first-order chi connectivity index (χ1) is 6.88. The van der Waals surface area contributed by atoms with Crippen LogP contribution in [0.1, 0.15) is 17.5 Å². The Kier molecular flexibility index (Phi) is 3.87. The molecular weight excluding hydrogens is 247 g/mol. The number of alkyl halides is 2. The van der Waals surface area contributed by atoms with Gasteiger partial charge in [-0.05, 0) is 18.6 Å². The van der Waals surface area contributed by atoms with Crippen LogP contribution in [-0.4, -0.2) is 16.7 Å². The van der Waals surface area contributed by atoms with Crippen LogP contribution in [0.2, 0.25) is 10.3 Å². The van der Waals surface area contributed by atoms with E-state index in [4.69, 9.17) is 28.3 Å². The fourth-order valence-corrected chi connectivity index (χ4v) is 1.97. The number of aromatic nitrogens is 1. The predicted octanol–water partition coefficient (Wildman–Crippen LogP) is 3.17. The molecule has 0 aliphatic carbocycles. The topological polar surface area (TPSA) is 33.1 Å². The summed E-state index contributed by atoms with van der Waals surface area (Å²) in [6.45, 7) is 0.853. The molecule has 0 atom stereocenters. The van der Waals surface area contributed by atoms with Crippen molar-refractivity contribution in [3.8, 4) is 0 Å². The Labute approximate surface area is 95.8 Å². The number of aryl methyl sites for hydroxylation is 1. The van der Waals surface area contributed by atoms with Crippen LogP contribution < -0.4 is 0 Å². The molecular formula is C9H9Cl2F2NO. The van der Waals surface area contributed by atoms with Crippen molar-refractivity contribution in [3.05, 3.63) is 27.5 Å². The SMILES string of the molecule is Cc1cc(Cl)nc(Cl)c1C(F)(F)CCO. The largest absolute Gasteiger partial charge is 0.396 e. The van der Waals surface area contributed by atoms with Crippen LogP contribution in [0.5, 0.6) is 0 Å². The van der Waals surface area contributed by atoms with Gasteiger partial charge in [0.2, 0.25) is 0 Å². The number of hydrogen-bond donors (Lipinski definition) is 1. The van der Waals surface area contributed by atoms with E-state index in [-0.39, 0.29) is 21.4 Å². The molecule has 0 fully saturated rings. The lowest BCUT2D eigenvalue weighted by Gasteiger charge is -2.18. The fraction of sp³-hybridized carbons (Fsp3) is 0.444. The monoisotopic (exact) mass is 255 g/mol. The molecule has 84 valence electrons. The predicted molar refractivity (Wildman–Crippen MR) is 54.6 cm³/mol. The Morgan fingerprint density at radius 1 is 1.47 bits per heavy atom. The van der Waals surface area contributed by atoms with E-state index >= 15 is 0 Å². The van der Waals surface area contributed by atoms with Gasteiger partial charge in [0.1, 0.15) is 10.3 Å². The van der Waals surface area contributed by atoms with Crippen molar-refractivity contribution in [3.63, 3.8) is 0 Å². The summed E-state index contributed by atoms with van der Waals surface area (Å²) in [7, 11) is 0. The maximum atomic E-state index is 13.5. The molecule has 0 saturated heterocycles. The average molecular weight is 256 g/mol. The molecule has 0 aliphatic rings. The maximum Gasteiger partial charge on any atom is 0.278 e. The lowest BCUT2D eigenvalue weighted by molar-refractivity contribution is -0.0276. The molecule has 0 bridgehead atoms. The van der Waals surface area contributed by atoms with Crippen molar-refractivity contribution in [2.75, 3.05) is 6.61 Å². The third-order valence-electron chi connectivity index (χ3n) is 1.93. The van der Waals surface area contributed by atoms with Gasteiger partial charge in [-0.1, -0.05) is 23.2 Å². The summed E-state index contributed by atoms with van der Waals surface area (Å²) in [4.78, 5) is 3.55. The Morgan fingerprint density at radius 3 is 2.53 bits per heavy atom. The van der Waals surface area contributed by atoms with Crippen molar-refractivity contribution in [1.29, 1.82) is 0 Å². The highest BCUT2D eigenvalue weighted by atomic mass is 35.5. The van der Waals surface area contributed by atoms with Gasteiger partial charge < -0.3 is 5.11 Å². The third-order valence-corrected chi connectivity index (χ3v) is 2.40. The van der Waals surface area contributed by atoms with Gasteiger partial charge in [-0.2, -0.15) is 0 Å². The summed E-state index contributed by atoms with van der Waals surface area (Å²) in [5.74, 6) is -3.19. The van der Waals surface area contributed by atoms with Crippen LogP contribution in [0, 0.1) is 6.92 Å². The molecule has 0 aromatic carbocycles. The minimum Gasteiger partial charge on any atom is -0.396 e. The van der Waals surface area contributed by atoms with E-state index in [1.807, 2.05) is 0 Å². The first-order valence-corrected chi connectivity index (χ1v) is 4.96. The standard InChI is InChI=1S/C9H9Cl2F2NO/c1-5-4-6(10)14-8(11)7(5)9(12,13)2-3-15/h4,15H,2-3H2,1H3. The summed E-state index contributed by atoms with van der Waals surface area (Å²) in [6.07, 6.45) is -0.684. The number of hydrogen-bond acceptors (Lipinski definition) is 2. The Hall–Kier alpha value is -0.450. The van der Waals surface area contributed by atoms with E-state index in [2.05, 4.69) is 4.98 Å². The molecule has 0 unspecified atom stereocenters. The van der Waals surface area contributed by atoms with Crippen LogP contribution in [0.15, 0.2) is 6.07 Å². The molecule has 0 aliphatic heterocycles. The van der Waals surface area contributed by atoms with E-state index in [0.29, 0.717) is 0 Å². The molecule has 1 aromatic rings. The number of nitrogens with zero attached hydrogens (tertiary/aromatic N) is 1. The summed E-state index contributed by atoms with van der Waals surface area (Å²) in [5.41, 5.74) is -0.110. The molecule has 1 rings (SSSR count). The van der Waals surface area contributed by atoms with Gasteiger partial charge in [0.15, 0.2) is 0 Å². The highest BCUT2D eigenvalue weighted by Gasteiger charge is 2.35. The van der Waals surface area contributed by atoms with Gasteiger partial charge in [0.05, 0.1) is 5.56 Å². The number of aliphatic hydroxyl groups excluding tert-OH is 1. The van der Waals surface area contributed by atoms with Crippen LogP contribution in [0.25, 0.3) is 0 Å². The Balaban J connectivity index is 3.24. The first kappa shape index (κ1) is 12.6. The van der Waals surface area contributed by atoms with Gasteiger partial charge in [-0.3, -0.25) is 0 Å². The lowest BCUT2D eigenvalue weighted by Crippen LogP contribution is -2.18. The molecule has 0 spiro atoms. The molecule has 1 aromatic heterocycles. The zero-order valence-electron chi connectivity index (χ0n) is 7.90. The average Bonchev–Trinajstić information content (AvgIpc) is 1.99. The molecule has 0 saturated carbocycles. The fourth-order valence-electron chi connectivity index (χ4n) is 1.30. The van der Waals surface area contributed by atoms with Crippen molar-refractivity contribution in [1.82, 2.24) is 4.98 Å². The van der Waals surface area contributed by atoms with Gasteiger partial charge in [-0.15, -0.1) is 0 Å². The molecule has 0 amide bonds. The minimum atomic E-state index is -3.19. The zero-order chi connectivity index (χ0) is 11.6. The van der Waals surface area contributed by atoms with Crippen molar-refractivity contribution in [2.45, 2.75) is 19.3 Å². The molecule has 0 radical (unpaired) electrons. The number of rotatable bonds is 3. The molecule has 1 N–H and O–H groups in total. The lowest BCUT2D eigenvalue weighted by atomic mass is 10.0. The second-order valence-electron chi connectivity index (χ2n) is 3.11. The van der Waals surface area contributed by atoms with E-state index in [9.17, 15) is 8.78 Å². The Morgan fingerprint density at radius 2 is 2.07 bits per heavy atom. The second-order valence-corrected chi connectivity index (χ2v) is 3.85. The van der Waals surface area contributed by atoms with Gasteiger partial charge in [0, 0.05) is 13.0 Å². The highest BCUT2D eigenvalue weighted by Crippen LogP contribution is 2.38. The van der Waals surface area contributed by atoms with Crippen molar-refractivity contribution < 1.29 is 13.9 Å². The van der Waals surface area contributed by atoms with Gasteiger partial charge >= 0.3 is 0 Å². The van der Waals surface area contributed by atoms with Gasteiger partial charge in [-0.25, -0.2) is 13.8 Å². The quantitative estimate of drug-likeness (QED) is 0.842. The van der Waals surface area contributed by atoms with Crippen LogP contribution >= 0.6 is 23.2 Å². The van der Waals surface area contributed by atoms with Crippen molar-refractivity contribution >= 4 is 23.2 Å². The van der Waals surface area contributed by atoms with E-state index < -0.39 is 19.0 Å². The van der Waals surface area contributed by atoms with Crippen LogP contribution in [0.3, 0.4) is 0 Å². The summed E-state index contributed by atoms with van der Waals surface area (Å²) >= 11 is 11.2. The minimum absolute atomic E-state index is 0.0704. The summed E-state index contributed by atoms with van der Waals surface area (Å²) < 4.78 is 27.0. The zero-order valence-corrected chi connectivity index (χ0v) is 9.41. The molecule has 6 heteroatoms. The summed E-state index contributed by atoms with van der Waals surface area (Å²) in [5, 5.41) is 8.28.